The molecule has 1 aromatic carbocycles. The third kappa shape index (κ3) is 5.37. The number of hydrogen-bond acceptors (Lipinski definition) is 5. The third-order valence-electron chi connectivity index (χ3n) is 5.04. The average molecular weight is 411 g/mol. The first-order valence-corrected chi connectivity index (χ1v) is 10.1. The SMILES string of the molecule is COCCNC(=O)c1ccc(OC2CCN(C(=O)C3CCCO3)CC2)c(Cl)c1. The molecule has 8 heteroatoms. The van der Waals surface area contributed by atoms with Crippen LogP contribution in [0.15, 0.2) is 18.2 Å². The van der Waals surface area contributed by atoms with Crippen molar-refractivity contribution >= 4 is 23.4 Å². The van der Waals surface area contributed by atoms with Gasteiger partial charge in [0.25, 0.3) is 11.8 Å². The first-order valence-electron chi connectivity index (χ1n) is 9.72. The van der Waals surface area contributed by atoms with Crippen molar-refractivity contribution in [2.45, 2.75) is 37.9 Å². The second-order valence-corrected chi connectivity index (χ2v) is 7.45. The molecule has 7 nitrogen and oxygen atoms in total. The number of amides is 2. The van der Waals surface area contributed by atoms with Gasteiger partial charge in [-0.2, -0.15) is 0 Å². The molecule has 1 N–H and O–H groups in total. The lowest BCUT2D eigenvalue weighted by Crippen LogP contribution is -2.45. The van der Waals surface area contributed by atoms with Gasteiger partial charge in [0.2, 0.25) is 0 Å². The topological polar surface area (TPSA) is 77.1 Å². The number of likely N-dealkylation sites (tertiary alicyclic amines) is 1. The molecule has 2 aliphatic rings. The van der Waals surface area contributed by atoms with Crippen LogP contribution in [0.4, 0.5) is 0 Å². The summed E-state index contributed by atoms with van der Waals surface area (Å²) in [5.41, 5.74) is 0.477. The van der Waals surface area contributed by atoms with E-state index < -0.39 is 0 Å². The van der Waals surface area contributed by atoms with Crippen molar-refractivity contribution in [2.24, 2.45) is 0 Å². The fourth-order valence-electron chi connectivity index (χ4n) is 3.46. The number of nitrogens with zero attached hydrogens (tertiary/aromatic N) is 1. The van der Waals surface area contributed by atoms with E-state index in [0.29, 0.717) is 49.2 Å². The van der Waals surface area contributed by atoms with Gasteiger partial charge >= 0.3 is 0 Å². The maximum Gasteiger partial charge on any atom is 0.251 e. The highest BCUT2D eigenvalue weighted by molar-refractivity contribution is 6.32. The number of benzene rings is 1. The van der Waals surface area contributed by atoms with E-state index in [4.69, 9.17) is 25.8 Å². The molecule has 3 rings (SSSR count). The lowest BCUT2D eigenvalue weighted by Gasteiger charge is -2.33. The zero-order valence-corrected chi connectivity index (χ0v) is 16.9. The molecule has 0 saturated carbocycles. The number of halogens is 1. The van der Waals surface area contributed by atoms with Crippen molar-refractivity contribution < 1.29 is 23.8 Å². The van der Waals surface area contributed by atoms with Crippen molar-refractivity contribution in [3.8, 4) is 5.75 Å². The second kappa shape index (κ2) is 10.1. The molecule has 2 aliphatic heterocycles. The van der Waals surface area contributed by atoms with E-state index in [0.717, 1.165) is 25.7 Å². The van der Waals surface area contributed by atoms with Crippen LogP contribution in [0, 0.1) is 0 Å². The Balaban J connectivity index is 1.49. The molecule has 0 aliphatic carbocycles. The monoisotopic (exact) mass is 410 g/mol. The van der Waals surface area contributed by atoms with Gasteiger partial charge in [0.1, 0.15) is 18.0 Å². The predicted molar refractivity (Wildman–Crippen MR) is 105 cm³/mol. The van der Waals surface area contributed by atoms with Crippen LogP contribution in [-0.2, 0) is 14.3 Å². The molecule has 0 spiro atoms. The Morgan fingerprint density at radius 1 is 1.29 bits per heavy atom. The summed E-state index contributed by atoms with van der Waals surface area (Å²) in [7, 11) is 1.58. The minimum Gasteiger partial charge on any atom is -0.489 e. The quantitative estimate of drug-likeness (QED) is 0.698. The Morgan fingerprint density at radius 3 is 2.71 bits per heavy atom. The molecule has 1 atom stereocenters. The molecule has 0 aromatic heterocycles. The number of nitrogens with one attached hydrogen (secondary N) is 1. The van der Waals surface area contributed by atoms with Crippen molar-refractivity contribution in [3.63, 3.8) is 0 Å². The Labute approximate surface area is 170 Å². The van der Waals surface area contributed by atoms with E-state index in [1.54, 1.807) is 25.3 Å². The average Bonchev–Trinajstić information content (AvgIpc) is 3.24. The van der Waals surface area contributed by atoms with Crippen LogP contribution in [0.2, 0.25) is 5.02 Å². The fourth-order valence-corrected chi connectivity index (χ4v) is 3.68. The molecule has 2 amide bonds. The lowest BCUT2D eigenvalue weighted by molar-refractivity contribution is -0.142. The molecular weight excluding hydrogens is 384 g/mol. The van der Waals surface area contributed by atoms with Crippen LogP contribution in [0.3, 0.4) is 0 Å². The number of methoxy groups -OCH3 is 1. The third-order valence-corrected chi connectivity index (χ3v) is 5.33. The summed E-state index contributed by atoms with van der Waals surface area (Å²) >= 11 is 6.31. The minimum absolute atomic E-state index is 0.00701. The van der Waals surface area contributed by atoms with Gasteiger partial charge in [-0.3, -0.25) is 9.59 Å². The number of ether oxygens (including phenoxy) is 3. The van der Waals surface area contributed by atoms with Gasteiger partial charge in [-0.25, -0.2) is 0 Å². The number of rotatable bonds is 7. The van der Waals surface area contributed by atoms with Gasteiger partial charge < -0.3 is 24.4 Å². The summed E-state index contributed by atoms with van der Waals surface area (Å²) in [5, 5.41) is 3.16. The van der Waals surface area contributed by atoms with Crippen LogP contribution in [0.25, 0.3) is 0 Å². The molecule has 0 radical (unpaired) electrons. The van der Waals surface area contributed by atoms with Gasteiger partial charge in [-0.15, -0.1) is 0 Å². The molecule has 1 aromatic rings. The van der Waals surface area contributed by atoms with E-state index in [2.05, 4.69) is 5.32 Å². The molecule has 0 bridgehead atoms. The highest BCUT2D eigenvalue weighted by Gasteiger charge is 2.31. The standard InChI is InChI=1S/C20H27ClN2O5/c1-26-12-8-22-19(24)14-4-5-17(16(21)13-14)28-15-6-9-23(10-7-15)20(25)18-3-2-11-27-18/h4-5,13,15,18H,2-3,6-12H2,1H3,(H,22,24). The summed E-state index contributed by atoms with van der Waals surface area (Å²) in [6.07, 6.45) is 2.98. The normalized spacial score (nSPS) is 20.2. The smallest absolute Gasteiger partial charge is 0.251 e. The summed E-state index contributed by atoms with van der Waals surface area (Å²) < 4.78 is 16.4. The highest BCUT2D eigenvalue weighted by atomic mass is 35.5. The summed E-state index contributed by atoms with van der Waals surface area (Å²) in [5.74, 6) is 0.447. The Hall–Kier alpha value is -1.83. The number of hydrogen-bond donors (Lipinski definition) is 1. The molecule has 1 unspecified atom stereocenters. The number of carbonyl (C=O) groups excluding carboxylic acids is 2. The number of piperidine rings is 1. The second-order valence-electron chi connectivity index (χ2n) is 7.04. The Bertz CT molecular complexity index is 685. The Kier molecular flexibility index (Phi) is 7.53. The van der Waals surface area contributed by atoms with Crippen LogP contribution in [0.5, 0.6) is 5.75 Å². The van der Waals surface area contributed by atoms with Gasteiger partial charge in [-0.1, -0.05) is 11.6 Å². The van der Waals surface area contributed by atoms with E-state index >= 15 is 0 Å². The lowest BCUT2D eigenvalue weighted by atomic mass is 10.1. The number of carbonyl (C=O) groups is 2. The van der Waals surface area contributed by atoms with Crippen molar-refractivity contribution in [1.29, 1.82) is 0 Å². The zero-order valence-electron chi connectivity index (χ0n) is 16.1. The summed E-state index contributed by atoms with van der Waals surface area (Å²) in [4.78, 5) is 26.3. The van der Waals surface area contributed by atoms with E-state index in [9.17, 15) is 9.59 Å². The maximum atomic E-state index is 12.4. The summed E-state index contributed by atoms with van der Waals surface area (Å²) in [6, 6.07) is 5.02. The maximum absolute atomic E-state index is 12.4. The van der Waals surface area contributed by atoms with E-state index in [1.807, 2.05) is 4.90 Å². The van der Waals surface area contributed by atoms with Gasteiger partial charge in [-0.05, 0) is 31.0 Å². The molecule has 2 saturated heterocycles. The van der Waals surface area contributed by atoms with Gasteiger partial charge in [0.05, 0.1) is 11.6 Å². The largest absolute Gasteiger partial charge is 0.489 e. The first kappa shape index (κ1) is 20.9. The van der Waals surface area contributed by atoms with E-state index in [1.165, 1.54) is 0 Å². The minimum atomic E-state index is -0.269. The predicted octanol–water partition coefficient (Wildman–Crippen LogP) is 2.26. The Morgan fingerprint density at radius 2 is 2.07 bits per heavy atom. The van der Waals surface area contributed by atoms with Crippen LogP contribution in [0.1, 0.15) is 36.0 Å². The van der Waals surface area contributed by atoms with Crippen molar-refractivity contribution in [1.82, 2.24) is 10.2 Å². The van der Waals surface area contributed by atoms with Crippen LogP contribution in [-0.4, -0.2) is 68.9 Å². The van der Waals surface area contributed by atoms with E-state index in [-0.39, 0.29) is 24.0 Å². The van der Waals surface area contributed by atoms with Crippen LogP contribution < -0.4 is 10.1 Å². The van der Waals surface area contributed by atoms with Gasteiger partial charge in [0, 0.05) is 51.8 Å². The van der Waals surface area contributed by atoms with Crippen LogP contribution >= 0.6 is 11.6 Å². The fraction of sp³-hybridized carbons (Fsp3) is 0.600. The molecule has 2 heterocycles. The molecule has 28 heavy (non-hydrogen) atoms. The summed E-state index contributed by atoms with van der Waals surface area (Å²) in [6.45, 7) is 2.87. The molecular formula is C20H27ClN2O5. The molecule has 154 valence electrons. The van der Waals surface area contributed by atoms with Crippen molar-refractivity contribution in [2.75, 3.05) is 40.0 Å². The first-order chi connectivity index (χ1) is 13.6. The zero-order chi connectivity index (χ0) is 19.9. The van der Waals surface area contributed by atoms with Gasteiger partial charge in [0.15, 0.2) is 0 Å². The molecule has 2 fully saturated rings. The highest BCUT2D eigenvalue weighted by Crippen LogP contribution is 2.29. The van der Waals surface area contributed by atoms with Crippen molar-refractivity contribution in [3.05, 3.63) is 28.8 Å².